The largest absolute Gasteiger partial charge is 0.373 e. The molecule has 1 saturated carbocycles. The van der Waals surface area contributed by atoms with E-state index in [9.17, 15) is 0 Å². The number of nitrogens with zero attached hydrogens (tertiary/aromatic N) is 1. The minimum absolute atomic E-state index is 0.889. The molecule has 0 saturated heterocycles. The van der Waals surface area contributed by atoms with E-state index < -0.39 is 0 Å². The zero-order valence-corrected chi connectivity index (χ0v) is 7.88. The standard InChI is InChI=1S/C10H15N3/c1-11-9-3-2-4-10(13-9)12-7-8-5-6-8/h2-4,8H,5-7H2,1H3,(H2,11,12,13). The molecule has 3 heteroatoms. The number of anilines is 2. The quantitative estimate of drug-likeness (QED) is 0.738. The molecule has 70 valence electrons. The second-order valence-corrected chi connectivity index (χ2v) is 3.48. The molecular formula is C10H15N3. The van der Waals surface area contributed by atoms with Crippen LogP contribution in [0.25, 0.3) is 0 Å². The molecule has 0 aliphatic heterocycles. The monoisotopic (exact) mass is 177 g/mol. The van der Waals surface area contributed by atoms with Gasteiger partial charge in [-0.1, -0.05) is 6.07 Å². The fraction of sp³-hybridized carbons (Fsp3) is 0.500. The minimum Gasteiger partial charge on any atom is -0.373 e. The summed E-state index contributed by atoms with van der Waals surface area (Å²) in [6.07, 6.45) is 2.75. The summed E-state index contributed by atoms with van der Waals surface area (Å²) in [7, 11) is 1.88. The Morgan fingerprint density at radius 1 is 1.38 bits per heavy atom. The molecule has 0 radical (unpaired) electrons. The van der Waals surface area contributed by atoms with Crippen molar-refractivity contribution >= 4 is 11.6 Å². The number of pyridine rings is 1. The van der Waals surface area contributed by atoms with E-state index >= 15 is 0 Å². The Kier molecular flexibility index (Phi) is 2.34. The van der Waals surface area contributed by atoms with Crippen molar-refractivity contribution in [3.05, 3.63) is 18.2 Å². The number of hydrogen-bond donors (Lipinski definition) is 2. The van der Waals surface area contributed by atoms with Gasteiger partial charge in [-0.3, -0.25) is 0 Å². The molecule has 0 aromatic carbocycles. The first-order valence-corrected chi connectivity index (χ1v) is 4.77. The average Bonchev–Trinajstić information content (AvgIpc) is 2.99. The Hall–Kier alpha value is -1.25. The summed E-state index contributed by atoms with van der Waals surface area (Å²) in [5, 5.41) is 6.35. The summed E-state index contributed by atoms with van der Waals surface area (Å²) in [4.78, 5) is 4.37. The summed E-state index contributed by atoms with van der Waals surface area (Å²) in [6, 6.07) is 5.97. The van der Waals surface area contributed by atoms with Crippen LogP contribution in [0.4, 0.5) is 11.6 Å². The second kappa shape index (κ2) is 3.64. The molecule has 0 amide bonds. The van der Waals surface area contributed by atoms with Crippen molar-refractivity contribution in [2.24, 2.45) is 5.92 Å². The maximum atomic E-state index is 4.37. The van der Waals surface area contributed by atoms with E-state index in [2.05, 4.69) is 15.6 Å². The van der Waals surface area contributed by atoms with E-state index in [-0.39, 0.29) is 0 Å². The smallest absolute Gasteiger partial charge is 0.128 e. The molecule has 1 aliphatic rings. The van der Waals surface area contributed by atoms with E-state index in [0.717, 1.165) is 24.1 Å². The summed E-state index contributed by atoms with van der Waals surface area (Å²) in [5.41, 5.74) is 0. The van der Waals surface area contributed by atoms with Gasteiger partial charge in [0.25, 0.3) is 0 Å². The van der Waals surface area contributed by atoms with Gasteiger partial charge in [0, 0.05) is 13.6 Å². The van der Waals surface area contributed by atoms with E-state index in [0.29, 0.717) is 0 Å². The summed E-state index contributed by atoms with van der Waals surface area (Å²) < 4.78 is 0. The van der Waals surface area contributed by atoms with Crippen LogP contribution in [0.1, 0.15) is 12.8 Å². The third-order valence-corrected chi connectivity index (χ3v) is 2.27. The molecule has 1 aliphatic carbocycles. The Bertz CT molecular complexity index is 281. The van der Waals surface area contributed by atoms with E-state index in [1.165, 1.54) is 12.8 Å². The van der Waals surface area contributed by atoms with Gasteiger partial charge in [0.2, 0.25) is 0 Å². The third kappa shape index (κ3) is 2.34. The summed E-state index contributed by atoms with van der Waals surface area (Å²) >= 11 is 0. The number of nitrogens with one attached hydrogen (secondary N) is 2. The Balaban J connectivity index is 1.93. The van der Waals surface area contributed by atoms with Crippen LogP contribution in [0.2, 0.25) is 0 Å². The molecule has 2 N–H and O–H groups in total. The molecule has 1 aromatic heterocycles. The lowest BCUT2D eigenvalue weighted by atomic mass is 10.4. The normalized spacial score (nSPS) is 15.5. The van der Waals surface area contributed by atoms with Gasteiger partial charge in [-0.2, -0.15) is 0 Å². The van der Waals surface area contributed by atoms with Crippen molar-refractivity contribution < 1.29 is 0 Å². The van der Waals surface area contributed by atoms with Crippen molar-refractivity contribution in [3.63, 3.8) is 0 Å². The van der Waals surface area contributed by atoms with Crippen LogP contribution in [-0.4, -0.2) is 18.6 Å². The van der Waals surface area contributed by atoms with Crippen molar-refractivity contribution in [1.82, 2.24) is 4.98 Å². The highest BCUT2D eigenvalue weighted by Gasteiger charge is 2.20. The van der Waals surface area contributed by atoms with Crippen LogP contribution in [0.15, 0.2) is 18.2 Å². The predicted molar refractivity (Wildman–Crippen MR) is 55.0 cm³/mol. The third-order valence-electron chi connectivity index (χ3n) is 2.27. The van der Waals surface area contributed by atoms with Gasteiger partial charge in [0.1, 0.15) is 11.6 Å². The predicted octanol–water partition coefficient (Wildman–Crippen LogP) is 1.95. The topological polar surface area (TPSA) is 37.0 Å². The van der Waals surface area contributed by atoms with Gasteiger partial charge in [-0.15, -0.1) is 0 Å². The Morgan fingerprint density at radius 3 is 2.85 bits per heavy atom. The molecule has 1 heterocycles. The highest BCUT2D eigenvalue weighted by atomic mass is 15.0. The van der Waals surface area contributed by atoms with Crippen molar-refractivity contribution in [3.8, 4) is 0 Å². The van der Waals surface area contributed by atoms with Gasteiger partial charge in [0.15, 0.2) is 0 Å². The highest BCUT2D eigenvalue weighted by Crippen LogP contribution is 2.28. The van der Waals surface area contributed by atoms with E-state index in [1.807, 2.05) is 25.2 Å². The lowest BCUT2D eigenvalue weighted by Gasteiger charge is -2.05. The van der Waals surface area contributed by atoms with Crippen molar-refractivity contribution in [2.45, 2.75) is 12.8 Å². The van der Waals surface area contributed by atoms with E-state index in [4.69, 9.17) is 0 Å². The SMILES string of the molecule is CNc1cccc(NCC2CC2)n1. The maximum absolute atomic E-state index is 4.37. The number of aromatic nitrogens is 1. The first-order valence-electron chi connectivity index (χ1n) is 4.77. The van der Waals surface area contributed by atoms with Gasteiger partial charge in [-0.05, 0) is 30.9 Å². The van der Waals surface area contributed by atoms with Gasteiger partial charge in [-0.25, -0.2) is 4.98 Å². The summed E-state index contributed by atoms with van der Waals surface area (Å²) in [6.45, 7) is 1.07. The molecule has 3 nitrogen and oxygen atoms in total. The molecule has 1 aromatic rings. The Labute approximate surface area is 78.6 Å². The zero-order valence-electron chi connectivity index (χ0n) is 7.88. The fourth-order valence-electron chi connectivity index (χ4n) is 1.24. The molecule has 0 bridgehead atoms. The lowest BCUT2D eigenvalue weighted by Crippen LogP contribution is -2.05. The first-order chi connectivity index (χ1) is 6.38. The highest BCUT2D eigenvalue weighted by molar-refractivity contribution is 5.44. The molecule has 1 fully saturated rings. The molecule has 0 atom stereocenters. The number of hydrogen-bond acceptors (Lipinski definition) is 3. The zero-order chi connectivity index (χ0) is 9.10. The van der Waals surface area contributed by atoms with Gasteiger partial charge < -0.3 is 10.6 Å². The lowest BCUT2D eigenvalue weighted by molar-refractivity contribution is 0.883. The fourth-order valence-corrected chi connectivity index (χ4v) is 1.24. The van der Waals surface area contributed by atoms with Crippen LogP contribution in [0.3, 0.4) is 0 Å². The molecule has 2 rings (SSSR count). The van der Waals surface area contributed by atoms with E-state index in [1.54, 1.807) is 0 Å². The second-order valence-electron chi connectivity index (χ2n) is 3.48. The average molecular weight is 177 g/mol. The summed E-state index contributed by atoms with van der Waals surface area (Å²) in [5.74, 6) is 2.78. The molecule has 0 unspecified atom stereocenters. The molecular weight excluding hydrogens is 162 g/mol. The number of rotatable bonds is 4. The van der Waals surface area contributed by atoms with Gasteiger partial charge >= 0.3 is 0 Å². The van der Waals surface area contributed by atoms with Crippen LogP contribution in [0, 0.1) is 5.92 Å². The molecule has 13 heavy (non-hydrogen) atoms. The van der Waals surface area contributed by atoms with Crippen molar-refractivity contribution in [1.29, 1.82) is 0 Å². The Morgan fingerprint density at radius 2 is 2.15 bits per heavy atom. The van der Waals surface area contributed by atoms with Crippen LogP contribution < -0.4 is 10.6 Å². The van der Waals surface area contributed by atoms with Crippen molar-refractivity contribution in [2.75, 3.05) is 24.2 Å². The van der Waals surface area contributed by atoms with Crippen LogP contribution in [-0.2, 0) is 0 Å². The van der Waals surface area contributed by atoms with Crippen LogP contribution in [0.5, 0.6) is 0 Å². The van der Waals surface area contributed by atoms with Crippen LogP contribution >= 0.6 is 0 Å². The minimum atomic E-state index is 0.889. The first kappa shape index (κ1) is 8.35. The molecule has 0 spiro atoms. The maximum Gasteiger partial charge on any atom is 0.128 e. The van der Waals surface area contributed by atoms with Gasteiger partial charge in [0.05, 0.1) is 0 Å².